The molecule has 3 rings (SSSR count). The molecule has 2 amide bonds. The molecular weight excluding hydrogens is 308 g/mol. The first-order valence-electron chi connectivity index (χ1n) is 8.22. The molecule has 24 heavy (non-hydrogen) atoms. The Hall–Kier alpha value is -2.41. The van der Waals surface area contributed by atoms with Gasteiger partial charge < -0.3 is 14.6 Å². The van der Waals surface area contributed by atoms with E-state index >= 15 is 0 Å². The highest BCUT2D eigenvalue weighted by Crippen LogP contribution is 2.29. The Labute approximate surface area is 140 Å². The third-order valence-electron chi connectivity index (χ3n) is 4.35. The first-order chi connectivity index (χ1) is 11.7. The van der Waals surface area contributed by atoms with Gasteiger partial charge in [0.05, 0.1) is 13.1 Å². The summed E-state index contributed by atoms with van der Waals surface area (Å²) in [5.74, 6) is 0.911. The second kappa shape index (κ2) is 7.44. The van der Waals surface area contributed by atoms with E-state index in [0.29, 0.717) is 13.1 Å². The van der Waals surface area contributed by atoms with E-state index in [2.05, 4.69) is 15.6 Å². The summed E-state index contributed by atoms with van der Waals surface area (Å²) in [6.45, 7) is 1.70. The third kappa shape index (κ3) is 3.73. The summed E-state index contributed by atoms with van der Waals surface area (Å²) >= 11 is 0. The fraction of sp³-hybridized carbons (Fsp3) is 0.471. The van der Waals surface area contributed by atoms with Crippen molar-refractivity contribution in [2.75, 3.05) is 33.2 Å². The van der Waals surface area contributed by atoms with Crippen LogP contribution in [0.15, 0.2) is 28.7 Å². The molecule has 0 aliphatic carbocycles. The molecule has 1 aliphatic heterocycles. The Bertz CT molecular complexity index is 686. The van der Waals surface area contributed by atoms with Gasteiger partial charge in [-0.3, -0.25) is 14.9 Å². The lowest BCUT2D eigenvalue weighted by Crippen LogP contribution is -2.44. The zero-order valence-electron chi connectivity index (χ0n) is 13.7. The summed E-state index contributed by atoms with van der Waals surface area (Å²) in [7, 11) is 1.57. The zero-order valence-corrected chi connectivity index (χ0v) is 13.7. The first-order valence-corrected chi connectivity index (χ1v) is 8.22. The number of nitrogens with zero attached hydrogens (tertiary/aromatic N) is 2. The predicted molar refractivity (Wildman–Crippen MR) is 89.5 cm³/mol. The van der Waals surface area contributed by atoms with E-state index < -0.39 is 0 Å². The molecule has 1 aliphatic rings. The minimum absolute atomic E-state index is 0.0231. The van der Waals surface area contributed by atoms with E-state index in [4.69, 9.17) is 4.42 Å². The van der Waals surface area contributed by atoms with E-state index in [1.165, 1.54) is 0 Å². The largest absolute Gasteiger partial charge is 0.440 e. The van der Waals surface area contributed by atoms with Crippen molar-refractivity contribution in [3.63, 3.8) is 0 Å². The van der Waals surface area contributed by atoms with Crippen LogP contribution in [0.4, 0.5) is 0 Å². The Morgan fingerprint density at radius 2 is 2.00 bits per heavy atom. The van der Waals surface area contributed by atoms with E-state index in [0.717, 1.165) is 29.8 Å². The Balaban J connectivity index is 1.50. The molecule has 7 nitrogen and oxygen atoms in total. The number of carbonyl (C=O) groups excluding carboxylic acids is 2. The zero-order chi connectivity index (χ0) is 16.9. The number of benzene rings is 1. The topological polar surface area (TPSA) is 87.5 Å². The summed E-state index contributed by atoms with van der Waals surface area (Å²) in [5.41, 5.74) is 1.69. The van der Waals surface area contributed by atoms with Crippen LogP contribution in [-0.2, 0) is 9.59 Å². The molecule has 0 radical (unpaired) electrons. The molecular formula is C17H22N4O3. The van der Waals surface area contributed by atoms with Gasteiger partial charge in [0.1, 0.15) is 5.52 Å². The smallest absolute Gasteiger partial charge is 0.236 e. The van der Waals surface area contributed by atoms with E-state index in [9.17, 15) is 9.59 Å². The summed E-state index contributed by atoms with van der Waals surface area (Å²) in [6, 6.07) is 7.74. The Kier molecular flexibility index (Phi) is 5.10. The van der Waals surface area contributed by atoms with Gasteiger partial charge in [-0.15, -0.1) is 0 Å². The second-order valence-corrected chi connectivity index (χ2v) is 5.95. The van der Waals surface area contributed by atoms with Gasteiger partial charge in [-0.25, -0.2) is 4.98 Å². The summed E-state index contributed by atoms with van der Waals surface area (Å²) in [5, 5.41) is 5.37. The average Bonchev–Trinajstić information content (AvgIpc) is 3.05. The number of amides is 2. The lowest BCUT2D eigenvalue weighted by Gasteiger charge is -2.30. The second-order valence-electron chi connectivity index (χ2n) is 5.95. The number of hydrogen-bond acceptors (Lipinski definition) is 5. The maximum Gasteiger partial charge on any atom is 0.236 e. The number of fused-ring (bicyclic) bond motifs is 1. The minimum Gasteiger partial charge on any atom is -0.440 e. The van der Waals surface area contributed by atoms with Gasteiger partial charge >= 0.3 is 0 Å². The quantitative estimate of drug-likeness (QED) is 0.849. The molecule has 1 aromatic carbocycles. The molecule has 128 valence electrons. The number of likely N-dealkylation sites (N-methyl/N-ethyl adjacent to an activating group) is 1. The third-order valence-corrected chi connectivity index (χ3v) is 4.35. The van der Waals surface area contributed by atoms with Gasteiger partial charge in [0.2, 0.25) is 11.8 Å². The highest BCUT2D eigenvalue weighted by Gasteiger charge is 2.26. The van der Waals surface area contributed by atoms with E-state index in [1.54, 1.807) is 7.05 Å². The van der Waals surface area contributed by atoms with E-state index in [-0.39, 0.29) is 30.8 Å². The molecule has 1 aromatic heterocycles. The fourth-order valence-electron chi connectivity index (χ4n) is 2.92. The molecule has 2 N–H and O–H groups in total. The number of aromatic nitrogens is 1. The lowest BCUT2D eigenvalue weighted by molar-refractivity contribution is -0.131. The van der Waals surface area contributed by atoms with Crippen molar-refractivity contribution in [3.8, 4) is 0 Å². The van der Waals surface area contributed by atoms with Crippen LogP contribution in [0.25, 0.3) is 11.1 Å². The van der Waals surface area contributed by atoms with Crippen LogP contribution in [-0.4, -0.2) is 54.9 Å². The highest BCUT2D eigenvalue weighted by molar-refractivity contribution is 5.81. The van der Waals surface area contributed by atoms with E-state index in [1.807, 2.05) is 29.2 Å². The van der Waals surface area contributed by atoms with Crippen LogP contribution >= 0.6 is 0 Å². The van der Waals surface area contributed by atoms with Crippen LogP contribution in [0.2, 0.25) is 0 Å². The van der Waals surface area contributed by atoms with Crippen molar-refractivity contribution in [1.29, 1.82) is 0 Å². The van der Waals surface area contributed by atoms with Crippen LogP contribution in [0, 0.1) is 0 Å². The molecule has 1 saturated heterocycles. The summed E-state index contributed by atoms with van der Waals surface area (Å²) in [6.07, 6.45) is 1.68. The van der Waals surface area contributed by atoms with Crippen LogP contribution in [0.5, 0.6) is 0 Å². The van der Waals surface area contributed by atoms with Gasteiger partial charge in [-0.05, 0) is 25.0 Å². The molecule has 1 fully saturated rings. The molecule has 0 spiro atoms. The standard InChI is InChI=1S/C17H22N4O3/c1-18-15(22)10-19-11-16(23)21-8-6-12(7-9-21)17-20-13-4-2-3-5-14(13)24-17/h2-5,12,19H,6-11H2,1H3,(H,18,22). The number of para-hydroxylation sites is 2. The molecule has 0 saturated carbocycles. The molecule has 0 atom stereocenters. The maximum absolute atomic E-state index is 12.1. The van der Waals surface area contributed by atoms with Crippen molar-refractivity contribution >= 4 is 22.9 Å². The van der Waals surface area contributed by atoms with Crippen molar-refractivity contribution in [1.82, 2.24) is 20.5 Å². The molecule has 2 heterocycles. The first kappa shape index (κ1) is 16.4. The Morgan fingerprint density at radius 3 is 2.71 bits per heavy atom. The van der Waals surface area contributed by atoms with Crippen molar-refractivity contribution < 1.29 is 14.0 Å². The number of oxazole rings is 1. The van der Waals surface area contributed by atoms with Gasteiger partial charge in [-0.2, -0.15) is 0 Å². The SMILES string of the molecule is CNC(=O)CNCC(=O)N1CCC(c2nc3ccccc3o2)CC1. The molecule has 2 aromatic rings. The molecule has 0 bridgehead atoms. The van der Waals surface area contributed by atoms with Crippen LogP contribution in [0.1, 0.15) is 24.7 Å². The average molecular weight is 330 g/mol. The number of rotatable bonds is 5. The number of carbonyl (C=O) groups is 2. The normalized spacial score (nSPS) is 15.6. The number of likely N-dealkylation sites (tertiary alicyclic amines) is 1. The van der Waals surface area contributed by atoms with Crippen LogP contribution in [0.3, 0.4) is 0 Å². The van der Waals surface area contributed by atoms with Crippen molar-refractivity contribution in [2.45, 2.75) is 18.8 Å². The maximum atomic E-state index is 12.1. The number of nitrogens with one attached hydrogen (secondary N) is 2. The van der Waals surface area contributed by atoms with Gasteiger partial charge in [0.15, 0.2) is 11.5 Å². The summed E-state index contributed by atoms with van der Waals surface area (Å²) < 4.78 is 5.84. The lowest BCUT2D eigenvalue weighted by atomic mass is 9.97. The van der Waals surface area contributed by atoms with Crippen molar-refractivity contribution in [3.05, 3.63) is 30.2 Å². The van der Waals surface area contributed by atoms with Gasteiger partial charge in [0.25, 0.3) is 0 Å². The number of hydrogen-bond donors (Lipinski definition) is 2. The number of piperidine rings is 1. The fourth-order valence-corrected chi connectivity index (χ4v) is 2.92. The van der Waals surface area contributed by atoms with Gasteiger partial charge in [-0.1, -0.05) is 12.1 Å². The predicted octanol–water partition coefficient (Wildman–Crippen LogP) is 0.869. The van der Waals surface area contributed by atoms with Crippen LogP contribution < -0.4 is 10.6 Å². The van der Waals surface area contributed by atoms with Gasteiger partial charge in [0, 0.05) is 26.1 Å². The monoisotopic (exact) mass is 330 g/mol. The van der Waals surface area contributed by atoms with Crippen molar-refractivity contribution in [2.24, 2.45) is 0 Å². The minimum atomic E-state index is -0.127. The Morgan fingerprint density at radius 1 is 1.25 bits per heavy atom. The highest BCUT2D eigenvalue weighted by atomic mass is 16.3. The molecule has 0 unspecified atom stereocenters. The molecule has 7 heteroatoms. The summed E-state index contributed by atoms with van der Waals surface area (Å²) in [4.78, 5) is 29.7.